The monoisotopic (exact) mass is 457 g/mol. The molecule has 0 aliphatic rings. The Kier molecular flexibility index (Phi) is 6.51. The van der Waals surface area contributed by atoms with Gasteiger partial charge in [0.2, 0.25) is 11.9 Å². The van der Waals surface area contributed by atoms with Crippen LogP contribution in [0.2, 0.25) is 0 Å². The van der Waals surface area contributed by atoms with Gasteiger partial charge in [-0.2, -0.15) is 0 Å². The zero-order chi connectivity index (χ0) is 23.1. The molecule has 1 amide bonds. The van der Waals surface area contributed by atoms with Gasteiger partial charge in [-0.25, -0.2) is 23.1 Å². The molecule has 8 nitrogen and oxygen atoms in total. The second-order valence-corrected chi connectivity index (χ2v) is 8.57. The average molecular weight is 458 g/mol. The average Bonchev–Trinajstić information content (AvgIpc) is 2.84. The van der Waals surface area contributed by atoms with Gasteiger partial charge in [0.05, 0.1) is 4.90 Å². The summed E-state index contributed by atoms with van der Waals surface area (Å²) < 4.78 is 27.1. The molecule has 164 valence electrons. The number of nitrogens with one attached hydrogen (secondary N) is 2. The van der Waals surface area contributed by atoms with Crippen LogP contribution in [0.15, 0.2) is 102 Å². The number of amides is 1. The van der Waals surface area contributed by atoms with Gasteiger partial charge in [-0.15, -0.1) is 0 Å². The summed E-state index contributed by atoms with van der Waals surface area (Å²) >= 11 is 0. The van der Waals surface area contributed by atoms with Crippen LogP contribution in [0.5, 0.6) is 0 Å². The van der Waals surface area contributed by atoms with Crippen LogP contribution in [0.1, 0.15) is 5.56 Å². The molecule has 0 aliphatic carbocycles. The second kappa shape index (κ2) is 9.84. The van der Waals surface area contributed by atoms with Crippen molar-refractivity contribution in [2.45, 2.75) is 4.90 Å². The van der Waals surface area contributed by atoms with E-state index in [0.29, 0.717) is 5.69 Å². The molecule has 0 radical (unpaired) electrons. The molecule has 2 aromatic heterocycles. The Bertz CT molecular complexity index is 1360. The van der Waals surface area contributed by atoms with Gasteiger partial charge in [-0.3, -0.25) is 9.78 Å². The molecular formula is C24H19N5O3S. The zero-order valence-corrected chi connectivity index (χ0v) is 18.1. The van der Waals surface area contributed by atoms with E-state index in [2.05, 4.69) is 25.0 Å². The van der Waals surface area contributed by atoms with E-state index in [1.54, 1.807) is 24.5 Å². The van der Waals surface area contributed by atoms with E-state index in [-0.39, 0.29) is 16.8 Å². The third kappa shape index (κ3) is 5.86. The van der Waals surface area contributed by atoms with Crippen LogP contribution in [0, 0.1) is 0 Å². The number of carbonyl (C=O) groups excluding carboxylic acids is 1. The lowest BCUT2D eigenvalue weighted by Gasteiger charge is -2.07. The minimum atomic E-state index is -3.83. The lowest BCUT2D eigenvalue weighted by atomic mass is 10.1. The SMILES string of the molecule is O=C(/C=C/c1ccc(-c2cccnc2)cc1)Nc1ccc(S(=O)(=O)Nc2ncccn2)cc1. The van der Waals surface area contributed by atoms with Crippen molar-refractivity contribution in [2.75, 3.05) is 10.0 Å². The quantitative estimate of drug-likeness (QED) is 0.406. The molecule has 0 saturated heterocycles. The highest BCUT2D eigenvalue weighted by Crippen LogP contribution is 2.19. The molecule has 33 heavy (non-hydrogen) atoms. The predicted molar refractivity (Wildman–Crippen MR) is 127 cm³/mol. The minimum Gasteiger partial charge on any atom is -0.323 e. The van der Waals surface area contributed by atoms with Crippen molar-refractivity contribution in [2.24, 2.45) is 0 Å². The topological polar surface area (TPSA) is 114 Å². The van der Waals surface area contributed by atoms with Crippen LogP contribution < -0.4 is 10.0 Å². The Labute approximate surface area is 191 Å². The highest BCUT2D eigenvalue weighted by molar-refractivity contribution is 7.92. The molecule has 0 spiro atoms. The van der Waals surface area contributed by atoms with Crippen LogP contribution in [-0.4, -0.2) is 29.3 Å². The van der Waals surface area contributed by atoms with Crippen molar-refractivity contribution >= 4 is 33.6 Å². The highest BCUT2D eigenvalue weighted by atomic mass is 32.2. The Hall–Kier alpha value is -4.37. The van der Waals surface area contributed by atoms with Crippen LogP contribution >= 0.6 is 0 Å². The number of hydrogen-bond donors (Lipinski definition) is 2. The molecule has 2 heterocycles. The first-order chi connectivity index (χ1) is 16.0. The van der Waals surface area contributed by atoms with Gasteiger partial charge in [-0.05, 0) is 59.2 Å². The second-order valence-electron chi connectivity index (χ2n) is 6.89. The Morgan fingerprint density at radius 2 is 1.55 bits per heavy atom. The van der Waals surface area contributed by atoms with Gasteiger partial charge >= 0.3 is 0 Å². The van der Waals surface area contributed by atoms with Crippen molar-refractivity contribution in [3.8, 4) is 11.1 Å². The molecular weight excluding hydrogens is 438 g/mol. The minimum absolute atomic E-state index is 0.0199. The lowest BCUT2D eigenvalue weighted by Crippen LogP contribution is -2.15. The van der Waals surface area contributed by atoms with E-state index < -0.39 is 10.0 Å². The van der Waals surface area contributed by atoms with Gasteiger partial charge in [-0.1, -0.05) is 30.3 Å². The lowest BCUT2D eigenvalue weighted by molar-refractivity contribution is -0.111. The highest BCUT2D eigenvalue weighted by Gasteiger charge is 2.15. The number of benzene rings is 2. The fraction of sp³-hybridized carbons (Fsp3) is 0. The summed E-state index contributed by atoms with van der Waals surface area (Å²) in [6, 6.07) is 19.0. The smallest absolute Gasteiger partial charge is 0.264 e. The van der Waals surface area contributed by atoms with E-state index >= 15 is 0 Å². The number of anilines is 2. The first-order valence-corrected chi connectivity index (χ1v) is 11.4. The molecule has 2 aromatic carbocycles. The van der Waals surface area contributed by atoms with E-state index in [0.717, 1.165) is 16.7 Å². The number of carbonyl (C=O) groups is 1. The Morgan fingerprint density at radius 1 is 0.818 bits per heavy atom. The zero-order valence-electron chi connectivity index (χ0n) is 17.3. The normalized spacial score (nSPS) is 11.3. The molecule has 9 heteroatoms. The molecule has 0 saturated carbocycles. The fourth-order valence-corrected chi connectivity index (χ4v) is 3.88. The maximum absolute atomic E-state index is 12.4. The summed E-state index contributed by atoms with van der Waals surface area (Å²) in [4.78, 5) is 24.1. The summed E-state index contributed by atoms with van der Waals surface area (Å²) in [5, 5.41) is 2.70. The molecule has 0 fully saturated rings. The van der Waals surface area contributed by atoms with Crippen LogP contribution in [-0.2, 0) is 14.8 Å². The summed E-state index contributed by atoms with van der Waals surface area (Å²) in [5.74, 6) is -0.355. The molecule has 0 aliphatic heterocycles. The number of aromatic nitrogens is 3. The van der Waals surface area contributed by atoms with Gasteiger partial charge < -0.3 is 5.32 Å². The van der Waals surface area contributed by atoms with Crippen molar-refractivity contribution in [3.63, 3.8) is 0 Å². The van der Waals surface area contributed by atoms with E-state index in [1.165, 1.54) is 42.7 Å². The third-order valence-corrected chi connectivity index (χ3v) is 5.90. The summed E-state index contributed by atoms with van der Waals surface area (Å²) in [5.41, 5.74) is 3.38. The number of pyridine rings is 1. The largest absolute Gasteiger partial charge is 0.323 e. The van der Waals surface area contributed by atoms with Crippen LogP contribution in [0.25, 0.3) is 17.2 Å². The summed E-state index contributed by atoms with van der Waals surface area (Å²) in [7, 11) is -3.83. The number of nitrogens with zero attached hydrogens (tertiary/aromatic N) is 3. The van der Waals surface area contributed by atoms with Crippen molar-refractivity contribution in [1.82, 2.24) is 15.0 Å². The van der Waals surface area contributed by atoms with Crippen LogP contribution in [0.3, 0.4) is 0 Å². The first-order valence-electron chi connectivity index (χ1n) is 9.89. The first kappa shape index (κ1) is 21.8. The molecule has 4 rings (SSSR count). The third-order valence-electron chi connectivity index (χ3n) is 4.56. The van der Waals surface area contributed by atoms with E-state index in [4.69, 9.17) is 0 Å². The van der Waals surface area contributed by atoms with E-state index in [9.17, 15) is 13.2 Å². The molecule has 2 N–H and O–H groups in total. The number of sulfonamides is 1. The molecule has 0 atom stereocenters. The standard InChI is InChI=1S/C24H19N5O3S/c30-23(13-6-18-4-7-19(8-5-18)20-3-1-14-25-17-20)28-21-9-11-22(12-10-21)33(31,32)29-24-26-15-2-16-27-24/h1-17H,(H,28,30)(H,26,27,29)/b13-6+. The van der Waals surface area contributed by atoms with E-state index in [1.807, 2.05) is 36.4 Å². The van der Waals surface area contributed by atoms with Crippen molar-refractivity contribution < 1.29 is 13.2 Å². The van der Waals surface area contributed by atoms with Crippen LogP contribution in [0.4, 0.5) is 11.6 Å². The van der Waals surface area contributed by atoms with Gasteiger partial charge in [0, 0.05) is 36.6 Å². The number of hydrogen-bond acceptors (Lipinski definition) is 6. The summed E-state index contributed by atoms with van der Waals surface area (Å²) in [6.07, 6.45) is 9.50. The predicted octanol–water partition coefficient (Wildman–Crippen LogP) is 3.99. The molecule has 0 unspecified atom stereocenters. The summed E-state index contributed by atoms with van der Waals surface area (Å²) in [6.45, 7) is 0. The maximum Gasteiger partial charge on any atom is 0.264 e. The number of rotatable bonds is 7. The Balaban J connectivity index is 1.36. The van der Waals surface area contributed by atoms with Crippen molar-refractivity contribution in [1.29, 1.82) is 0 Å². The molecule has 0 bridgehead atoms. The maximum atomic E-state index is 12.4. The molecule has 4 aromatic rings. The van der Waals surface area contributed by atoms with Gasteiger partial charge in [0.25, 0.3) is 10.0 Å². The van der Waals surface area contributed by atoms with Crippen molar-refractivity contribution in [3.05, 3.63) is 103 Å². The fourth-order valence-electron chi connectivity index (χ4n) is 2.92. The Morgan fingerprint density at radius 3 is 2.21 bits per heavy atom. The van der Waals surface area contributed by atoms with Gasteiger partial charge in [0.15, 0.2) is 0 Å². The van der Waals surface area contributed by atoms with Gasteiger partial charge in [0.1, 0.15) is 0 Å².